The molecule has 0 spiro atoms. The Bertz CT molecular complexity index is 1470. The predicted octanol–water partition coefficient (Wildman–Crippen LogP) is 1.71. The Kier molecular flexibility index (Phi) is 8.43. The van der Waals surface area contributed by atoms with Crippen molar-refractivity contribution >= 4 is 17.7 Å². The lowest BCUT2D eigenvalue weighted by Crippen LogP contribution is -2.62. The number of nitriles is 1. The van der Waals surface area contributed by atoms with E-state index in [4.69, 9.17) is 4.74 Å². The second-order valence-corrected chi connectivity index (χ2v) is 13.0. The van der Waals surface area contributed by atoms with Crippen LogP contribution in [-0.4, -0.2) is 94.9 Å². The molecule has 3 saturated heterocycles. The number of rotatable bonds is 8. The minimum atomic E-state index is -0.586. The summed E-state index contributed by atoms with van der Waals surface area (Å²) in [5.41, 5.74) is 5.33. The van der Waals surface area contributed by atoms with Gasteiger partial charge in [-0.1, -0.05) is 11.3 Å². The Morgan fingerprint density at radius 2 is 1.87 bits per heavy atom. The van der Waals surface area contributed by atoms with Crippen molar-refractivity contribution in [3.05, 3.63) is 54.1 Å². The maximum absolute atomic E-state index is 13.4. The summed E-state index contributed by atoms with van der Waals surface area (Å²) in [6, 6.07) is 8.45. The highest BCUT2D eigenvalue weighted by molar-refractivity contribution is 5.82. The molecule has 3 aromatic rings. The van der Waals surface area contributed by atoms with E-state index in [9.17, 15) is 14.9 Å². The first-order chi connectivity index (χ1) is 21.6. The topological polar surface area (TPSA) is 171 Å². The number of amides is 2. The third kappa shape index (κ3) is 6.76. The Hall–Kier alpha value is -4.55. The van der Waals surface area contributed by atoms with Crippen LogP contribution < -0.4 is 16.1 Å². The molecule has 15 heteroatoms. The molecular weight excluding hydrogens is 576 g/mol. The lowest BCUT2D eigenvalue weighted by atomic mass is 9.81. The summed E-state index contributed by atoms with van der Waals surface area (Å²) in [4.78, 5) is 29.6. The molecule has 6 rings (SSSR count). The molecule has 3 fully saturated rings. The van der Waals surface area contributed by atoms with Gasteiger partial charge >= 0.3 is 6.09 Å². The number of carbonyl (C=O) groups is 2. The van der Waals surface area contributed by atoms with Gasteiger partial charge in [0.15, 0.2) is 0 Å². The van der Waals surface area contributed by atoms with Gasteiger partial charge in [0.25, 0.3) is 0 Å². The summed E-state index contributed by atoms with van der Waals surface area (Å²) in [6.45, 7) is 8.04. The third-order valence-corrected chi connectivity index (χ3v) is 8.67. The second-order valence-electron chi connectivity index (χ2n) is 13.0. The predicted molar refractivity (Wildman–Crippen MR) is 162 cm³/mol. The molecule has 2 amide bonds. The number of aromatic nitrogens is 6. The number of nitrogens with one attached hydrogen (secondary N) is 3. The fourth-order valence-corrected chi connectivity index (χ4v) is 6.70. The maximum Gasteiger partial charge on any atom is 0.410 e. The number of ether oxygens (including phenoxy) is 1. The molecule has 15 nitrogen and oxygen atoms in total. The first-order valence-electron chi connectivity index (χ1n) is 15.4. The Balaban J connectivity index is 1.25. The van der Waals surface area contributed by atoms with E-state index in [1.54, 1.807) is 33.0 Å². The van der Waals surface area contributed by atoms with Gasteiger partial charge in [-0.2, -0.15) is 20.3 Å². The van der Waals surface area contributed by atoms with Crippen LogP contribution in [0.2, 0.25) is 0 Å². The highest BCUT2D eigenvalue weighted by Gasteiger charge is 2.55. The molecule has 3 atom stereocenters. The van der Waals surface area contributed by atoms with Crippen LogP contribution in [-0.2, 0) is 22.6 Å². The van der Waals surface area contributed by atoms with E-state index >= 15 is 0 Å². The molecule has 3 N–H and O–H groups in total. The Morgan fingerprint density at radius 1 is 1.13 bits per heavy atom. The number of hydrogen-bond donors (Lipinski definition) is 3. The quantitative estimate of drug-likeness (QED) is 0.337. The standard InChI is InChI=1S/C30H40N12O3/c1-29(2,3)45-28(44)39-13-6-30(5-8-31,7-14-39)42-24-4-9-32-27(43)25(24)26(37-42)36-23-17-21(19-40-15-12-33-38-40)16-22(18-23)20-41-34-10-11-35-41/h10-12,15-18,24-26,36-37H,4-7,9,13-14,19-20H2,1-3H3,(H,32,43). The van der Waals surface area contributed by atoms with E-state index in [0.29, 0.717) is 45.6 Å². The van der Waals surface area contributed by atoms with Gasteiger partial charge in [0.2, 0.25) is 5.91 Å². The molecule has 0 radical (unpaired) electrons. The van der Waals surface area contributed by atoms with Crippen LogP contribution in [0.4, 0.5) is 10.5 Å². The monoisotopic (exact) mass is 616 g/mol. The number of fused-ring (bicyclic) bond motifs is 1. The van der Waals surface area contributed by atoms with Gasteiger partial charge < -0.3 is 20.3 Å². The first-order valence-corrected chi connectivity index (χ1v) is 15.4. The molecule has 3 unspecified atom stereocenters. The zero-order chi connectivity index (χ0) is 31.6. The van der Waals surface area contributed by atoms with Crippen molar-refractivity contribution in [1.82, 2.24) is 50.6 Å². The van der Waals surface area contributed by atoms with Crippen LogP contribution in [0.1, 0.15) is 57.6 Å². The van der Waals surface area contributed by atoms with Crippen LogP contribution in [0.25, 0.3) is 0 Å². The minimum absolute atomic E-state index is 0.0308. The van der Waals surface area contributed by atoms with Gasteiger partial charge in [-0.05, 0) is 63.3 Å². The van der Waals surface area contributed by atoms with Crippen LogP contribution in [0.15, 0.2) is 43.0 Å². The van der Waals surface area contributed by atoms with Crippen molar-refractivity contribution in [3.8, 4) is 6.07 Å². The van der Waals surface area contributed by atoms with Crippen LogP contribution in [0.5, 0.6) is 0 Å². The van der Waals surface area contributed by atoms with E-state index in [1.165, 1.54) is 0 Å². The molecule has 3 aliphatic heterocycles. The summed E-state index contributed by atoms with van der Waals surface area (Å²) in [5.74, 6) is -0.426. The highest BCUT2D eigenvalue weighted by atomic mass is 16.6. The first kappa shape index (κ1) is 30.5. The number of nitrogens with zero attached hydrogens (tertiary/aromatic N) is 9. The van der Waals surface area contributed by atoms with Gasteiger partial charge in [-0.15, -0.1) is 5.10 Å². The summed E-state index contributed by atoms with van der Waals surface area (Å²) < 4.78 is 7.37. The Labute approximate surface area is 261 Å². The van der Waals surface area contributed by atoms with E-state index < -0.39 is 23.2 Å². The summed E-state index contributed by atoms with van der Waals surface area (Å²) in [6.07, 6.45) is 8.16. The van der Waals surface area contributed by atoms with Gasteiger partial charge in [0, 0.05) is 37.6 Å². The third-order valence-electron chi connectivity index (χ3n) is 8.67. The number of hydrazine groups is 1. The van der Waals surface area contributed by atoms with E-state index in [-0.39, 0.29) is 24.5 Å². The zero-order valence-corrected chi connectivity index (χ0v) is 25.9. The van der Waals surface area contributed by atoms with E-state index in [2.05, 4.69) is 53.7 Å². The highest BCUT2D eigenvalue weighted by Crippen LogP contribution is 2.40. The summed E-state index contributed by atoms with van der Waals surface area (Å²) in [5, 5.41) is 35.4. The SMILES string of the molecule is CC(C)(C)OC(=O)N1CCC(CC#N)(N2NC(Nc3cc(Cn4ccnn4)cc(Cn4nccn4)c3)C3C(=O)NCCC32)CC1. The average Bonchev–Trinajstić information content (AvgIpc) is 3.76. The minimum Gasteiger partial charge on any atom is -0.444 e. The average molecular weight is 617 g/mol. The molecule has 0 saturated carbocycles. The largest absolute Gasteiger partial charge is 0.444 e. The molecule has 5 heterocycles. The van der Waals surface area contributed by atoms with E-state index in [0.717, 1.165) is 23.2 Å². The summed E-state index contributed by atoms with van der Waals surface area (Å²) >= 11 is 0. The molecule has 3 aliphatic rings. The molecule has 1 aromatic carbocycles. The van der Waals surface area contributed by atoms with Crippen molar-refractivity contribution in [2.45, 2.75) is 82.9 Å². The lowest BCUT2D eigenvalue weighted by molar-refractivity contribution is -0.128. The molecule has 0 bridgehead atoms. The number of piperidine rings is 2. The van der Waals surface area contributed by atoms with Gasteiger partial charge in [0.1, 0.15) is 11.8 Å². The zero-order valence-electron chi connectivity index (χ0n) is 25.9. The molecule has 45 heavy (non-hydrogen) atoms. The van der Waals surface area contributed by atoms with Crippen molar-refractivity contribution in [2.24, 2.45) is 5.92 Å². The van der Waals surface area contributed by atoms with Crippen molar-refractivity contribution < 1.29 is 14.3 Å². The molecular formula is C30H40N12O3. The number of benzene rings is 1. The van der Waals surface area contributed by atoms with Crippen LogP contribution >= 0.6 is 0 Å². The molecule has 238 valence electrons. The fourth-order valence-electron chi connectivity index (χ4n) is 6.70. The molecule has 0 aliphatic carbocycles. The lowest BCUT2D eigenvalue weighted by Gasteiger charge is -2.48. The van der Waals surface area contributed by atoms with Crippen LogP contribution in [0, 0.1) is 17.2 Å². The normalized spacial score (nSPS) is 23.2. The van der Waals surface area contributed by atoms with Crippen molar-refractivity contribution in [3.63, 3.8) is 0 Å². The number of anilines is 1. The maximum atomic E-state index is 13.4. The number of hydrogen-bond acceptors (Lipinski definition) is 11. The second kappa shape index (κ2) is 12.4. The fraction of sp³-hybridized carbons (Fsp3) is 0.567. The van der Waals surface area contributed by atoms with E-state index in [1.807, 2.05) is 39.1 Å². The van der Waals surface area contributed by atoms with Crippen molar-refractivity contribution in [2.75, 3.05) is 25.0 Å². The molecule has 2 aromatic heterocycles. The van der Waals surface area contributed by atoms with Gasteiger partial charge in [0.05, 0.1) is 55.6 Å². The number of likely N-dealkylation sites (tertiary alicyclic amines) is 1. The van der Waals surface area contributed by atoms with Crippen LogP contribution in [0.3, 0.4) is 0 Å². The van der Waals surface area contributed by atoms with Gasteiger partial charge in [-0.3, -0.25) is 4.79 Å². The van der Waals surface area contributed by atoms with Gasteiger partial charge in [-0.25, -0.2) is 19.9 Å². The summed E-state index contributed by atoms with van der Waals surface area (Å²) in [7, 11) is 0. The van der Waals surface area contributed by atoms with Crippen molar-refractivity contribution in [1.29, 1.82) is 5.26 Å². The smallest absolute Gasteiger partial charge is 0.410 e. The Morgan fingerprint density at radius 3 is 2.53 bits per heavy atom. The number of carbonyl (C=O) groups excluding carboxylic acids is 2.